The van der Waals surface area contributed by atoms with Crippen LogP contribution in [0.5, 0.6) is 0 Å². The second-order valence-electron chi connectivity index (χ2n) is 5.32. The molecule has 0 aromatic carbocycles. The van der Waals surface area contributed by atoms with Crippen LogP contribution in [0.15, 0.2) is 12.4 Å². The van der Waals surface area contributed by atoms with E-state index in [-0.39, 0.29) is 6.10 Å². The molecular weight excluding hydrogens is 226 g/mol. The highest BCUT2D eigenvalue weighted by atomic mass is 16.5. The fourth-order valence-corrected chi connectivity index (χ4v) is 2.85. The number of hydrogen-bond acceptors (Lipinski definition) is 4. The van der Waals surface area contributed by atoms with E-state index in [1.165, 1.54) is 32.1 Å². The van der Waals surface area contributed by atoms with Gasteiger partial charge >= 0.3 is 0 Å². The molecule has 1 atom stereocenters. The van der Waals surface area contributed by atoms with Gasteiger partial charge in [0.2, 0.25) is 5.95 Å². The highest BCUT2D eigenvalue weighted by Gasteiger charge is 2.19. The van der Waals surface area contributed by atoms with Crippen molar-refractivity contribution in [3.8, 4) is 0 Å². The lowest BCUT2D eigenvalue weighted by atomic mass is 9.96. The minimum Gasteiger partial charge on any atom is -0.373 e. The van der Waals surface area contributed by atoms with Gasteiger partial charge in [0.25, 0.3) is 0 Å². The Morgan fingerprint density at radius 2 is 1.78 bits per heavy atom. The first-order valence-electron chi connectivity index (χ1n) is 7.12. The predicted molar refractivity (Wildman–Crippen MR) is 70.5 cm³/mol. The summed E-state index contributed by atoms with van der Waals surface area (Å²) in [4.78, 5) is 8.83. The number of nitrogens with zero attached hydrogens (tertiary/aromatic N) is 2. The van der Waals surface area contributed by atoms with Crippen molar-refractivity contribution >= 4 is 5.95 Å². The molecule has 3 rings (SSSR count). The van der Waals surface area contributed by atoms with E-state index in [0.29, 0.717) is 6.04 Å². The Morgan fingerprint density at radius 3 is 2.44 bits per heavy atom. The fraction of sp³-hybridized carbons (Fsp3) is 0.714. The summed E-state index contributed by atoms with van der Waals surface area (Å²) < 4.78 is 5.63. The van der Waals surface area contributed by atoms with E-state index in [0.717, 1.165) is 31.0 Å². The molecule has 2 aliphatic rings. The van der Waals surface area contributed by atoms with Gasteiger partial charge < -0.3 is 10.1 Å². The van der Waals surface area contributed by atoms with Crippen LogP contribution in [0.4, 0.5) is 5.95 Å². The van der Waals surface area contributed by atoms with Gasteiger partial charge in [-0.2, -0.15) is 0 Å². The van der Waals surface area contributed by atoms with Gasteiger partial charge in [0.1, 0.15) is 0 Å². The first-order valence-corrected chi connectivity index (χ1v) is 7.12. The summed E-state index contributed by atoms with van der Waals surface area (Å²) in [6.45, 7) is 0.868. The maximum atomic E-state index is 5.63. The molecule has 0 spiro atoms. The average molecular weight is 247 g/mol. The van der Waals surface area contributed by atoms with Crippen LogP contribution >= 0.6 is 0 Å². The number of aromatic nitrogens is 2. The Morgan fingerprint density at radius 1 is 1.00 bits per heavy atom. The molecule has 0 radical (unpaired) electrons. The highest BCUT2D eigenvalue weighted by Crippen LogP contribution is 2.27. The normalized spacial score (nSPS) is 25.2. The quantitative estimate of drug-likeness (QED) is 0.891. The third-order valence-electron chi connectivity index (χ3n) is 3.91. The zero-order chi connectivity index (χ0) is 12.2. The molecule has 4 heteroatoms. The van der Waals surface area contributed by atoms with Crippen LogP contribution < -0.4 is 5.32 Å². The predicted octanol–water partition coefficient (Wildman–Crippen LogP) is 3.07. The molecule has 2 heterocycles. The Balaban J connectivity index is 1.59. The van der Waals surface area contributed by atoms with Crippen LogP contribution in [-0.4, -0.2) is 22.6 Å². The van der Waals surface area contributed by atoms with Crippen LogP contribution in [0.2, 0.25) is 0 Å². The monoisotopic (exact) mass is 247 g/mol. The van der Waals surface area contributed by atoms with E-state index in [9.17, 15) is 0 Å². The van der Waals surface area contributed by atoms with Crippen molar-refractivity contribution in [1.82, 2.24) is 9.97 Å². The number of anilines is 1. The molecule has 1 saturated heterocycles. The van der Waals surface area contributed by atoms with Crippen molar-refractivity contribution in [2.75, 3.05) is 11.9 Å². The van der Waals surface area contributed by atoms with E-state index < -0.39 is 0 Å². The molecule has 1 saturated carbocycles. The lowest BCUT2D eigenvalue weighted by Crippen LogP contribution is -2.23. The van der Waals surface area contributed by atoms with Crippen molar-refractivity contribution < 1.29 is 4.74 Å². The zero-order valence-electron chi connectivity index (χ0n) is 10.8. The van der Waals surface area contributed by atoms with Crippen LogP contribution in [0.25, 0.3) is 0 Å². The first kappa shape index (κ1) is 11.9. The largest absolute Gasteiger partial charge is 0.373 e. The minimum atomic E-state index is 0.216. The van der Waals surface area contributed by atoms with Crippen LogP contribution in [0.1, 0.15) is 56.6 Å². The summed E-state index contributed by atoms with van der Waals surface area (Å²) in [6, 6.07) is 0.562. The second kappa shape index (κ2) is 5.65. The number of rotatable bonds is 3. The highest BCUT2D eigenvalue weighted by molar-refractivity contribution is 5.27. The molecule has 1 aliphatic heterocycles. The SMILES string of the molecule is c1nc(NC2CCCCC2)ncc1[C@H]1CCCO1. The van der Waals surface area contributed by atoms with Gasteiger partial charge in [-0.25, -0.2) is 9.97 Å². The van der Waals surface area contributed by atoms with Gasteiger partial charge in [-0.15, -0.1) is 0 Å². The van der Waals surface area contributed by atoms with Crippen molar-refractivity contribution in [2.24, 2.45) is 0 Å². The Bertz CT molecular complexity index is 367. The minimum absolute atomic E-state index is 0.216. The first-order chi connectivity index (χ1) is 8.92. The topological polar surface area (TPSA) is 47.0 Å². The summed E-state index contributed by atoms with van der Waals surface area (Å²) >= 11 is 0. The maximum absolute atomic E-state index is 5.63. The van der Waals surface area contributed by atoms with E-state index in [4.69, 9.17) is 4.74 Å². The lowest BCUT2D eigenvalue weighted by molar-refractivity contribution is 0.111. The smallest absolute Gasteiger partial charge is 0.222 e. The molecule has 4 nitrogen and oxygen atoms in total. The summed E-state index contributed by atoms with van der Waals surface area (Å²) in [5.41, 5.74) is 1.11. The fourth-order valence-electron chi connectivity index (χ4n) is 2.85. The summed E-state index contributed by atoms with van der Waals surface area (Å²) in [6.07, 6.45) is 12.8. The Labute approximate surface area is 108 Å². The third-order valence-corrected chi connectivity index (χ3v) is 3.91. The molecule has 0 amide bonds. The molecule has 1 aromatic rings. The molecule has 1 aromatic heterocycles. The van der Waals surface area contributed by atoms with Gasteiger partial charge in [-0.05, 0) is 25.7 Å². The molecular formula is C14H21N3O. The molecule has 2 fully saturated rings. The van der Waals surface area contributed by atoms with Crippen LogP contribution in [0, 0.1) is 0 Å². The van der Waals surface area contributed by atoms with Crippen LogP contribution in [0.3, 0.4) is 0 Å². The van der Waals surface area contributed by atoms with Gasteiger partial charge in [-0.3, -0.25) is 0 Å². The zero-order valence-corrected chi connectivity index (χ0v) is 10.8. The van der Waals surface area contributed by atoms with Crippen molar-refractivity contribution in [1.29, 1.82) is 0 Å². The number of ether oxygens (including phenoxy) is 1. The number of hydrogen-bond donors (Lipinski definition) is 1. The molecule has 1 N–H and O–H groups in total. The van der Waals surface area contributed by atoms with Crippen LogP contribution in [-0.2, 0) is 4.74 Å². The molecule has 98 valence electrons. The van der Waals surface area contributed by atoms with Crippen molar-refractivity contribution in [3.05, 3.63) is 18.0 Å². The van der Waals surface area contributed by atoms with Gasteiger partial charge in [0.15, 0.2) is 0 Å². The van der Waals surface area contributed by atoms with E-state index in [1.807, 2.05) is 12.4 Å². The van der Waals surface area contributed by atoms with Gasteiger partial charge in [0, 0.05) is 30.6 Å². The van der Waals surface area contributed by atoms with E-state index in [1.54, 1.807) is 0 Å². The van der Waals surface area contributed by atoms with E-state index >= 15 is 0 Å². The van der Waals surface area contributed by atoms with Gasteiger partial charge in [-0.1, -0.05) is 19.3 Å². The average Bonchev–Trinajstić information content (AvgIpc) is 2.95. The summed E-state index contributed by atoms with van der Waals surface area (Å²) in [7, 11) is 0. The Hall–Kier alpha value is -1.16. The third kappa shape index (κ3) is 2.80. The molecule has 0 unspecified atom stereocenters. The maximum Gasteiger partial charge on any atom is 0.222 e. The van der Waals surface area contributed by atoms with E-state index in [2.05, 4.69) is 15.3 Å². The second-order valence-corrected chi connectivity index (χ2v) is 5.32. The van der Waals surface area contributed by atoms with Crippen molar-refractivity contribution in [3.63, 3.8) is 0 Å². The molecule has 18 heavy (non-hydrogen) atoms. The number of nitrogens with one attached hydrogen (secondary N) is 1. The Kier molecular flexibility index (Phi) is 3.74. The molecule has 1 aliphatic carbocycles. The summed E-state index contributed by atoms with van der Waals surface area (Å²) in [5.74, 6) is 0.767. The summed E-state index contributed by atoms with van der Waals surface area (Å²) in [5, 5.41) is 3.44. The van der Waals surface area contributed by atoms with Crippen molar-refractivity contribution in [2.45, 2.75) is 57.1 Å². The lowest BCUT2D eigenvalue weighted by Gasteiger charge is -2.22. The molecule has 0 bridgehead atoms. The standard InChI is InChI=1S/C14H21N3O/c1-2-5-12(6-3-1)17-14-15-9-11(10-16-14)13-7-4-8-18-13/h9-10,12-13H,1-8H2,(H,15,16,17)/t13-/m1/s1. The van der Waals surface area contributed by atoms with Gasteiger partial charge in [0.05, 0.1) is 6.10 Å².